The van der Waals surface area contributed by atoms with E-state index in [0.29, 0.717) is 16.6 Å². The summed E-state index contributed by atoms with van der Waals surface area (Å²) in [6.45, 7) is 0.343. The zero-order valence-electron chi connectivity index (χ0n) is 14.3. The first kappa shape index (κ1) is 19.2. The number of nitrogens with zero attached hydrogens (tertiary/aromatic N) is 2. The Kier molecular flexibility index (Phi) is 5.88. The molecule has 6 heteroatoms. The molecule has 1 aromatic heterocycles. The molecule has 0 unspecified atom stereocenters. The molecule has 0 bridgehead atoms. The van der Waals surface area contributed by atoms with Gasteiger partial charge < -0.3 is 4.90 Å². The van der Waals surface area contributed by atoms with Crippen molar-refractivity contribution in [2.75, 3.05) is 20.6 Å². The molecule has 3 nitrogen and oxygen atoms in total. The number of benzene rings is 2. The van der Waals surface area contributed by atoms with Gasteiger partial charge in [-0.2, -0.15) is 0 Å². The molecular formula is C20H17BrCl2N2O. The van der Waals surface area contributed by atoms with Gasteiger partial charge in [0.15, 0.2) is 0 Å². The maximum atomic E-state index is 12.6. The summed E-state index contributed by atoms with van der Waals surface area (Å²) in [5.41, 5.74) is 2.78. The van der Waals surface area contributed by atoms with Crippen molar-refractivity contribution in [2.45, 2.75) is 0 Å². The molecular weight excluding hydrogens is 435 g/mol. The van der Waals surface area contributed by atoms with Crippen molar-refractivity contribution in [1.29, 1.82) is 0 Å². The molecule has 1 heterocycles. The van der Waals surface area contributed by atoms with E-state index < -0.39 is 0 Å². The molecule has 0 aliphatic rings. The van der Waals surface area contributed by atoms with Crippen LogP contribution in [0.4, 0.5) is 0 Å². The lowest BCUT2D eigenvalue weighted by atomic mass is 10.1. The van der Waals surface area contributed by atoms with Crippen LogP contribution in [-0.2, 0) is 0 Å². The largest absolute Gasteiger partial charge is 0.301 e. The summed E-state index contributed by atoms with van der Waals surface area (Å²) in [4.78, 5) is 14.4. The van der Waals surface area contributed by atoms with E-state index in [0.717, 1.165) is 26.5 Å². The van der Waals surface area contributed by atoms with Crippen LogP contribution in [0.15, 0.2) is 47.1 Å². The van der Waals surface area contributed by atoms with Gasteiger partial charge in [0.2, 0.25) is 5.91 Å². The summed E-state index contributed by atoms with van der Waals surface area (Å²) in [7, 11) is 3.76. The molecule has 3 aromatic rings. The monoisotopic (exact) mass is 450 g/mol. The highest BCUT2D eigenvalue weighted by atomic mass is 79.9. The third kappa shape index (κ3) is 4.21. The summed E-state index contributed by atoms with van der Waals surface area (Å²) in [5.74, 6) is 0.0245. The average molecular weight is 452 g/mol. The summed E-state index contributed by atoms with van der Waals surface area (Å²) in [5, 5.41) is 2.04. The number of likely N-dealkylation sites (N-methyl/N-ethyl adjacent to an activating group) is 1. The van der Waals surface area contributed by atoms with Gasteiger partial charge in [0.1, 0.15) is 0 Å². The number of aromatic nitrogens is 1. The molecule has 0 fully saturated rings. The lowest BCUT2D eigenvalue weighted by molar-refractivity contribution is 0.0882. The molecule has 0 aliphatic heterocycles. The maximum absolute atomic E-state index is 12.6. The van der Waals surface area contributed by atoms with Crippen LogP contribution in [0.5, 0.6) is 0 Å². The van der Waals surface area contributed by atoms with Crippen LogP contribution in [0.3, 0.4) is 0 Å². The number of hydrogen-bond acceptors (Lipinski definition) is 2. The van der Waals surface area contributed by atoms with Crippen LogP contribution in [0.1, 0.15) is 15.9 Å². The highest BCUT2D eigenvalue weighted by Crippen LogP contribution is 2.28. The van der Waals surface area contributed by atoms with Crippen molar-refractivity contribution < 1.29 is 4.79 Å². The van der Waals surface area contributed by atoms with Crippen LogP contribution < -0.4 is 0 Å². The fourth-order valence-electron chi connectivity index (χ4n) is 2.72. The number of carbonyl (C=O) groups is 1. The van der Waals surface area contributed by atoms with Gasteiger partial charge in [-0.05, 0) is 50.0 Å². The second-order valence-electron chi connectivity index (χ2n) is 6.25. The minimum atomic E-state index is 0.0245. The van der Waals surface area contributed by atoms with Crippen LogP contribution >= 0.6 is 39.1 Å². The van der Waals surface area contributed by atoms with E-state index in [4.69, 9.17) is 23.2 Å². The van der Waals surface area contributed by atoms with Gasteiger partial charge in [-0.15, -0.1) is 0 Å². The molecule has 26 heavy (non-hydrogen) atoms. The predicted molar refractivity (Wildman–Crippen MR) is 114 cm³/mol. The van der Waals surface area contributed by atoms with Crippen LogP contribution in [0.2, 0.25) is 10.0 Å². The fraction of sp³-hybridized carbons (Fsp3) is 0.150. The lowest BCUT2D eigenvalue weighted by Crippen LogP contribution is -2.25. The van der Waals surface area contributed by atoms with Gasteiger partial charge in [-0.25, -0.2) is 0 Å². The Bertz CT molecular complexity index is 1010. The van der Waals surface area contributed by atoms with Crippen LogP contribution in [0, 0.1) is 0 Å². The highest BCUT2D eigenvalue weighted by Gasteiger charge is 2.13. The smallest absolute Gasteiger partial charge is 0.245 e. The second kappa shape index (κ2) is 7.97. The summed E-state index contributed by atoms with van der Waals surface area (Å²) >= 11 is 15.6. The molecule has 3 rings (SSSR count). The average Bonchev–Trinajstić information content (AvgIpc) is 2.93. The van der Waals surface area contributed by atoms with Gasteiger partial charge >= 0.3 is 0 Å². The summed E-state index contributed by atoms with van der Waals surface area (Å²) in [6.07, 6.45) is 5.81. The normalized spacial score (nSPS) is 11.8. The Balaban J connectivity index is 2.04. The van der Waals surface area contributed by atoms with Gasteiger partial charge in [-0.1, -0.05) is 57.4 Å². The third-order valence-corrected chi connectivity index (χ3v) is 5.15. The van der Waals surface area contributed by atoms with Gasteiger partial charge in [0, 0.05) is 21.6 Å². The third-order valence-electron chi connectivity index (χ3n) is 3.92. The van der Waals surface area contributed by atoms with Crippen molar-refractivity contribution in [2.24, 2.45) is 0 Å². The number of hydrogen-bond donors (Lipinski definition) is 0. The molecule has 0 amide bonds. The first-order valence-electron chi connectivity index (χ1n) is 7.97. The fourth-order valence-corrected chi connectivity index (χ4v) is 3.38. The van der Waals surface area contributed by atoms with Crippen molar-refractivity contribution in [3.63, 3.8) is 0 Å². The lowest BCUT2D eigenvalue weighted by Gasteiger charge is -2.09. The van der Waals surface area contributed by atoms with Crippen molar-refractivity contribution in [3.05, 3.63) is 68.2 Å². The van der Waals surface area contributed by atoms with Gasteiger partial charge in [0.25, 0.3) is 0 Å². The van der Waals surface area contributed by atoms with E-state index in [2.05, 4.69) is 15.9 Å². The Labute approximate surface area is 170 Å². The first-order valence-corrected chi connectivity index (χ1v) is 9.52. The molecule has 0 spiro atoms. The number of rotatable bonds is 4. The molecule has 0 radical (unpaired) electrons. The van der Waals surface area contributed by atoms with E-state index in [-0.39, 0.29) is 5.91 Å². The molecule has 134 valence electrons. The number of fused-ring (bicyclic) bond motifs is 1. The van der Waals surface area contributed by atoms with E-state index >= 15 is 0 Å². The Morgan fingerprint density at radius 1 is 1.12 bits per heavy atom. The first-order chi connectivity index (χ1) is 12.3. The summed E-state index contributed by atoms with van der Waals surface area (Å²) < 4.78 is 2.67. The van der Waals surface area contributed by atoms with Crippen LogP contribution in [-0.4, -0.2) is 36.0 Å². The Morgan fingerprint density at radius 2 is 1.88 bits per heavy atom. The predicted octanol–water partition coefficient (Wildman–Crippen LogP) is 6.08. The Hall–Kier alpha value is -1.59. The van der Waals surface area contributed by atoms with Gasteiger partial charge in [0.05, 0.1) is 22.1 Å². The maximum Gasteiger partial charge on any atom is 0.245 e. The van der Waals surface area contributed by atoms with Gasteiger partial charge in [-0.3, -0.25) is 9.36 Å². The highest BCUT2D eigenvalue weighted by molar-refractivity contribution is 9.10. The zero-order valence-corrected chi connectivity index (χ0v) is 17.4. The van der Waals surface area contributed by atoms with E-state index in [1.165, 1.54) is 0 Å². The van der Waals surface area contributed by atoms with Crippen molar-refractivity contribution in [3.8, 4) is 0 Å². The quantitative estimate of drug-likeness (QED) is 0.480. The standard InChI is InChI=1S/C20H17BrCl2N2O/c1-24(2)12-20(26)25-11-14(16-10-15(21)6-8-19(16)25)5-3-13-4-7-17(22)18(23)9-13/h3-11H,12H2,1-2H3. The molecule has 0 saturated carbocycles. The summed E-state index contributed by atoms with van der Waals surface area (Å²) in [6, 6.07) is 11.4. The number of halogens is 3. The minimum Gasteiger partial charge on any atom is -0.301 e. The van der Waals surface area contributed by atoms with Crippen LogP contribution in [0.25, 0.3) is 23.1 Å². The molecule has 0 N–H and O–H groups in total. The Morgan fingerprint density at radius 3 is 2.58 bits per heavy atom. The van der Waals surface area contributed by atoms with E-state index in [9.17, 15) is 4.79 Å². The zero-order chi connectivity index (χ0) is 18.8. The SMILES string of the molecule is CN(C)CC(=O)n1cc(C=Cc2ccc(Cl)c(Cl)c2)c2cc(Br)ccc21. The number of carbonyl (C=O) groups excluding carboxylic acids is 1. The van der Waals surface area contributed by atoms with Crippen molar-refractivity contribution in [1.82, 2.24) is 9.47 Å². The topological polar surface area (TPSA) is 25.2 Å². The second-order valence-corrected chi connectivity index (χ2v) is 7.98. The van der Waals surface area contributed by atoms with Crippen molar-refractivity contribution >= 4 is 68.1 Å². The molecule has 0 aliphatic carbocycles. The van der Waals surface area contributed by atoms with E-state index in [1.54, 1.807) is 10.6 Å². The molecule has 0 atom stereocenters. The van der Waals surface area contributed by atoms with E-state index in [1.807, 2.05) is 67.7 Å². The molecule has 0 saturated heterocycles. The molecule has 2 aromatic carbocycles. The minimum absolute atomic E-state index is 0.0245.